The van der Waals surface area contributed by atoms with Crippen LogP contribution < -0.4 is 14.8 Å². The van der Waals surface area contributed by atoms with Gasteiger partial charge in [-0.15, -0.1) is 12.4 Å². The highest BCUT2D eigenvalue weighted by Crippen LogP contribution is 2.35. The van der Waals surface area contributed by atoms with Crippen LogP contribution in [0.1, 0.15) is 19.3 Å². The van der Waals surface area contributed by atoms with Crippen molar-refractivity contribution < 1.29 is 18.7 Å². The van der Waals surface area contributed by atoms with E-state index in [9.17, 15) is 9.18 Å². The molecule has 1 amide bonds. The summed E-state index contributed by atoms with van der Waals surface area (Å²) < 4.78 is 25.6. The summed E-state index contributed by atoms with van der Waals surface area (Å²) in [6.45, 7) is 1.94. The van der Waals surface area contributed by atoms with Gasteiger partial charge >= 0.3 is 0 Å². The first-order valence-corrected chi connectivity index (χ1v) is 10.4. The van der Waals surface area contributed by atoms with Gasteiger partial charge in [0.2, 0.25) is 5.91 Å². The molecule has 0 atom stereocenters. The Hall–Kier alpha value is -2.84. The van der Waals surface area contributed by atoms with Crippen LogP contribution in [0.4, 0.5) is 15.9 Å². The molecule has 1 aliphatic rings. The van der Waals surface area contributed by atoms with E-state index in [1.807, 2.05) is 4.90 Å². The Morgan fingerprint density at radius 2 is 2.06 bits per heavy atom. The van der Waals surface area contributed by atoms with Gasteiger partial charge in [-0.2, -0.15) is 0 Å². The van der Waals surface area contributed by atoms with Gasteiger partial charge in [0.1, 0.15) is 18.0 Å². The van der Waals surface area contributed by atoms with Crippen molar-refractivity contribution in [3.05, 3.63) is 47.5 Å². The topological polar surface area (TPSA) is 76.6 Å². The van der Waals surface area contributed by atoms with E-state index >= 15 is 0 Å². The number of halogens is 3. The monoisotopic (exact) mass is 480 g/mol. The number of benzene rings is 2. The van der Waals surface area contributed by atoms with Crippen molar-refractivity contribution in [1.29, 1.82) is 0 Å². The van der Waals surface area contributed by atoms with Gasteiger partial charge in [-0.1, -0.05) is 11.6 Å². The van der Waals surface area contributed by atoms with E-state index < -0.39 is 5.82 Å². The molecule has 0 saturated carbocycles. The fourth-order valence-electron chi connectivity index (χ4n) is 3.53. The number of hydrogen-bond acceptors (Lipinski definition) is 6. The predicted octanol–water partition coefficient (Wildman–Crippen LogP) is 4.99. The van der Waals surface area contributed by atoms with Crippen molar-refractivity contribution in [2.75, 3.05) is 32.1 Å². The molecule has 3 aromatic rings. The van der Waals surface area contributed by atoms with E-state index in [1.54, 1.807) is 31.4 Å². The van der Waals surface area contributed by atoms with Gasteiger partial charge in [0.05, 0.1) is 24.9 Å². The van der Waals surface area contributed by atoms with Crippen molar-refractivity contribution in [2.24, 2.45) is 0 Å². The lowest BCUT2D eigenvalue weighted by atomic mass is 10.2. The summed E-state index contributed by atoms with van der Waals surface area (Å²) >= 11 is 5.82. The molecule has 10 heteroatoms. The Morgan fingerprint density at radius 3 is 2.78 bits per heavy atom. The van der Waals surface area contributed by atoms with Crippen molar-refractivity contribution in [3.63, 3.8) is 0 Å². The summed E-state index contributed by atoms with van der Waals surface area (Å²) in [7, 11) is 1.55. The highest BCUT2D eigenvalue weighted by molar-refractivity contribution is 6.30. The van der Waals surface area contributed by atoms with Gasteiger partial charge in [0, 0.05) is 36.0 Å². The molecular formula is C22H23Cl2FN4O3. The summed E-state index contributed by atoms with van der Waals surface area (Å²) in [5.74, 6) is 1.22. The molecule has 1 saturated heterocycles. The number of likely N-dealkylation sites (tertiary alicyclic amines) is 1. The summed E-state index contributed by atoms with van der Waals surface area (Å²) in [6.07, 6.45) is 3.68. The summed E-state index contributed by atoms with van der Waals surface area (Å²) in [5.41, 5.74) is 0.873. The normalized spacial score (nSPS) is 13.2. The first kappa shape index (κ1) is 23.8. The molecule has 2 heterocycles. The lowest BCUT2D eigenvalue weighted by Crippen LogP contribution is -2.26. The van der Waals surface area contributed by atoms with E-state index in [1.165, 1.54) is 12.4 Å². The highest BCUT2D eigenvalue weighted by atomic mass is 35.5. The first-order chi connectivity index (χ1) is 15.0. The highest BCUT2D eigenvalue weighted by Gasteiger charge is 2.19. The third kappa shape index (κ3) is 5.31. The smallest absolute Gasteiger partial charge is 0.222 e. The standard InChI is InChI=1S/C22H22ClFN4O3.ClH/c1-30-19-11-15-18(12-20(19)31-9-3-8-28-7-2-4-21(28)29)25-13-26-22(15)27-17-6-5-14(23)10-16(17)24;/h5-6,10-13H,2-4,7-9H2,1H3,(H,25,26,27);1H. The second-order valence-electron chi connectivity index (χ2n) is 7.18. The molecule has 0 spiro atoms. The van der Waals surface area contributed by atoms with E-state index in [2.05, 4.69) is 15.3 Å². The van der Waals surface area contributed by atoms with Crippen LogP contribution in [0, 0.1) is 5.82 Å². The number of rotatable bonds is 8. The van der Waals surface area contributed by atoms with Crippen LogP contribution in [0.5, 0.6) is 11.5 Å². The molecule has 0 radical (unpaired) electrons. The lowest BCUT2D eigenvalue weighted by molar-refractivity contribution is -0.127. The summed E-state index contributed by atoms with van der Waals surface area (Å²) in [6, 6.07) is 7.89. The second-order valence-corrected chi connectivity index (χ2v) is 7.61. The third-order valence-corrected chi connectivity index (χ3v) is 5.34. The Labute approximate surface area is 196 Å². The average Bonchev–Trinajstić information content (AvgIpc) is 3.17. The van der Waals surface area contributed by atoms with Crippen molar-refractivity contribution in [2.45, 2.75) is 19.3 Å². The fourth-order valence-corrected chi connectivity index (χ4v) is 3.69. The van der Waals surface area contributed by atoms with Crippen molar-refractivity contribution in [3.8, 4) is 11.5 Å². The Bertz CT molecular complexity index is 1120. The number of amides is 1. The molecule has 2 aromatic carbocycles. The quantitative estimate of drug-likeness (QED) is 0.457. The zero-order valence-electron chi connectivity index (χ0n) is 17.4. The van der Waals surface area contributed by atoms with Crippen LogP contribution in [-0.4, -0.2) is 47.6 Å². The van der Waals surface area contributed by atoms with Crippen LogP contribution in [0.2, 0.25) is 5.02 Å². The number of anilines is 2. The number of fused-ring (bicyclic) bond motifs is 1. The number of methoxy groups -OCH3 is 1. The van der Waals surface area contributed by atoms with Crippen molar-refractivity contribution in [1.82, 2.24) is 14.9 Å². The van der Waals surface area contributed by atoms with E-state index in [4.69, 9.17) is 21.1 Å². The van der Waals surface area contributed by atoms with Crippen LogP contribution in [-0.2, 0) is 4.79 Å². The number of aromatic nitrogens is 2. The van der Waals surface area contributed by atoms with Crippen LogP contribution in [0.3, 0.4) is 0 Å². The number of ether oxygens (including phenoxy) is 2. The molecular weight excluding hydrogens is 458 g/mol. The number of carbonyl (C=O) groups is 1. The summed E-state index contributed by atoms with van der Waals surface area (Å²) in [5, 5.41) is 3.95. The Kier molecular flexibility index (Phi) is 7.93. The molecule has 0 unspecified atom stereocenters. The molecule has 170 valence electrons. The molecule has 4 rings (SSSR count). The van der Waals surface area contributed by atoms with E-state index in [0.29, 0.717) is 52.8 Å². The van der Waals surface area contributed by atoms with Gasteiger partial charge in [0.25, 0.3) is 0 Å². The largest absolute Gasteiger partial charge is 0.493 e. The Balaban J connectivity index is 0.00000289. The lowest BCUT2D eigenvalue weighted by Gasteiger charge is -2.17. The first-order valence-electron chi connectivity index (χ1n) is 10.0. The zero-order valence-corrected chi connectivity index (χ0v) is 19.0. The maximum atomic E-state index is 14.2. The second kappa shape index (κ2) is 10.7. The third-order valence-electron chi connectivity index (χ3n) is 5.11. The maximum absolute atomic E-state index is 14.2. The maximum Gasteiger partial charge on any atom is 0.222 e. The summed E-state index contributed by atoms with van der Waals surface area (Å²) in [4.78, 5) is 22.1. The molecule has 1 aliphatic heterocycles. The van der Waals surface area contributed by atoms with Gasteiger partial charge in [-0.3, -0.25) is 4.79 Å². The molecule has 1 N–H and O–H groups in total. The molecule has 1 fully saturated rings. The van der Waals surface area contributed by atoms with E-state index in [-0.39, 0.29) is 24.0 Å². The predicted molar refractivity (Wildman–Crippen MR) is 124 cm³/mol. The van der Waals surface area contributed by atoms with Crippen LogP contribution in [0.25, 0.3) is 10.9 Å². The van der Waals surface area contributed by atoms with Gasteiger partial charge in [-0.25, -0.2) is 14.4 Å². The van der Waals surface area contributed by atoms with E-state index in [0.717, 1.165) is 19.4 Å². The van der Waals surface area contributed by atoms with Gasteiger partial charge in [0.15, 0.2) is 11.5 Å². The van der Waals surface area contributed by atoms with Crippen LogP contribution >= 0.6 is 24.0 Å². The van der Waals surface area contributed by atoms with Gasteiger partial charge < -0.3 is 19.7 Å². The minimum absolute atomic E-state index is 0. The minimum atomic E-state index is -0.484. The Morgan fingerprint density at radius 1 is 1.22 bits per heavy atom. The molecule has 1 aromatic heterocycles. The zero-order chi connectivity index (χ0) is 21.8. The fraction of sp³-hybridized carbons (Fsp3) is 0.318. The van der Waals surface area contributed by atoms with Crippen LogP contribution in [0.15, 0.2) is 36.7 Å². The average molecular weight is 481 g/mol. The number of hydrogen-bond donors (Lipinski definition) is 1. The SMILES string of the molecule is COc1cc2c(Nc3ccc(Cl)cc3F)ncnc2cc1OCCCN1CCCC1=O.Cl. The molecule has 32 heavy (non-hydrogen) atoms. The molecule has 0 bridgehead atoms. The molecule has 7 nitrogen and oxygen atoms in total. The number of nitrogens with one attached hydrogen (secondary N) is 1. The minimum Gasteiger partial charge on any atom is -0.493 e. The molecule has 0 aliphatic carbocycles. The van der Waals surface area contributed by atoms with Gasteiger partial charge in [-0.05, 0) is 37.1 Å². The van der Waals surface area contributed by atoms with Crippen molar-refractivity contribution >= 4 is 52.3 Å². The number of nitrogens with zero attached hydrogens (tertiary/aromatic N) is 3. The number of carbonyl (C=O) groups excluding carboxylic acids is 1.